The van der Waals surface area contributed by atoms with Crippen LogP contribution in [-0.4, -0.2) is 66.4 Å². The molecule has 0 spiro atoms. The third-order valence-corrected chi connectivity index (χ3v) is 6.72. The maximum absolute atomic E-state index is 12.4. The molecule has 2 aromatic carbocycles. The standard InChI is InChI=1S/C26H30N2O6/c1-26(24(30)31)12-6-14-28(26)23(29)11-15-33-16-13-27-25(32)34-17-22-20-9-4-2-7-18(20)19-8-3-5-10-21(19)22/h2-5,7-10,22H,6,11-17H2,1H3,(H,27,32)(H,30,31)/t26-/m0/s1. The first kappa shape index (κ1) is 23.8. The average molecular weight is 467 g/mol. The van der Waals surface area contributed by atoms with E-state index in [1.807, 2.05) is 24.3 Å². The number of hydrogen-bond acceptors (Lipinski definition) is 5. The summed E-state index contributed by atoms with van der Waals surface area (Å²) in [6, 6.07) is 16.3. The van der Waals surface area contributed by atoms with E-state index in [4.69, 9.17) is 9.47 Å². The van der Waals surface area contributed by atoms with Gasteiger partial charge in [-0.3, -0.25) is 4.79 Å². The van der Waals surface area contributed by atoms with Crippen molar-refractivity contribution in [1.82, 2.24) is 10.2 Å². The average Bonchev–Trinajstić information content (AvgIpc) is 3.39. The van der Waals surface area contributed by atoms with E-state index >= 15 is 0 Å². The molecule has 8 nitrogen and oxygen atoms in total. The second-order valence-electron chi connectivity index (χ2n) is 8.84. The Morgan fingerprint density at radius 3 is 2.35 bits per heavy atom. The van der Waals surface area contributed by atoms with Gasteiger partial charge in [-0.15, -0.1) is 0 Å². The molecule has 2 amide bonds. The first-order valence-electron chi connectivity index (χ1n) is 11.6. The van der Waals surface area contributed by atoms with Crippen LogP contribution in [0.15, 0.2) is 48.5 Å². The van der Waals surface area contributed by atoms with Crippen molar-refractivity contribution in [2.24, 2.45) is 0 Å². The fourth-order valence-corrected chi connectivity index (χ4v) is 4.86. The number of aliphatic carboxylic acids is 1. The SMILES string of the molecule is C[C@@]1(C(=O)O)CCCN1C(=O)CCOCCNC(=O)OCC1c2ccccc2-c2ccccc21. The van der Waals surface area contributed by atoms with Crippen molar-refractivity contribution in [3.05, 3.63) is 59.7 Å². The molecule has 34 heavy (non-hydrogen) atoms. The Labute approximate surface area is 198 Å². The maximum Gasteiger partial charge on any atom is 0.407 e. The van der Waals surface area contributed by atoms with Gasteiger partial charge in [0.1, 0.15) is 12.1 Å². The lowest BCUT2D eigenvalue weighted by atomic mass is 9.98. The maximum atomic E-state index is 12.4. The van der Waals surface area contributed by atoms with E-state index in [9.17, 15) is 19.5 Å². The van der Waals surface area contributed by atoms with E-state index in [1.54, 1.807) is 6.92 Å². The van der Waals surface area contributed by atoms with Crippen molar-refractivity contribution in [1.29, 1.82) is 0 Å². The van der Waals surface area contributed by atoms with Crippen LogP contribution in [0.5, 0.6) is 0 Å². The summed E-state index contributed by atoms with van der Waals surface area (Å²) in [7, 11) is 0. The summed E-state index contributed by atoms with van der Waals surface area (Å²) < 4.78 is 10.9. The van der Waals surface area contributed by atoms with Crippen LogP contribution >= 0.6 is 0 Å². The fourth-order valence-electron chi connectivity index (χ4n) is 4.86. The number of rotatable bonds is 9. The third kappa shape index (κ3) is 4.77. The molecule has 0 aromatic heterocycles. The number of nitrogens with one attached hydrogen (secondary N) is 1. The molecule has 0 radical (unpaired) electrons. The molecule has 4 rings (SSSR count). The van der Waals surface area contributed by atoms with Gasteiger partial charge in [-0.25, -0.2) is 9.59 Å². The van der Waals surface area contributed by atoms with E-state index in [2.05, 4.69) is 29.6 Å². The molecule has 2 N–H and O–H groups in total. The number of amides is 2. The lowest BCUT2D eigenvalue weighted by molar-refractivity contribution is -0.155. The Bertz CT molecular complexity index is 1030. The van der Waals surface area contributed by atoms with Crippen LogP contribution < -0.4 is 5.32 Å². The number of carbonyl (C=O) groups is 3. The Balaban J connectivity index is 1.16. The highest BCUT2D eigenvalue weighted by molar-refractivity contribution is 5.87. The molecule has 180 valence electrons. The minimum absolute atomic E-state index is 0.00230. The highest BCUT2D eigenvalue weighted by Crippen LogP contribution is 2.44. The molecule has 1 aliphatic heterocycles. The second-order valence-corrected chi connectivity index (χ2v) is 8.84. The van der Waals surface area contributed by atoms with Crippen LogP contribution in [0.4, 0.5) is 4.79 Å². The quantitative estimate of drug-likeness (QED) is 0.549. The van der Waals surface area contributed by atoms with Crippen LogP contribution in [0, 0.1) is 0 Å². The number of fused-ring (bicyclic) bond motifs is 3. The normalized spacial score (nSPS) is 18.9. The number of ether oxygens (including phenoxy) is 2. The monoisotopic (exact) mass is 466 g/mol. The van der Waals surface area contributed by atoms with Crippen LogP contribution in [0.3, 0.4) is 0 Å². The summed E-state index contributed by atoms with van der Waals surface area (Å²) in [5, 5.41) is 12.1. The number of carbonyl (C=O) groups excluding carboxylic acids is 2. The van der Waals surface area contributed by atoms with E-state index in [0.29, 0.717) is 19.4 Å². The zero-order valence-electron chi connectivity index (χ0n) is 19.3. The van der Waals surface area contributed by atoms with Gasteiger partial charge in [0.15, 0.2) is 0 Å². The zero-order valence-corrected chi connectivity index (χ0v) is 19.3. The Morgan fingerprint density at radius 2 is 1.71 bits per heavy atom. The number of alkyl carbamates (subject to hydrolysis) is 1. The first-order valence-corrected chi connectivity index (χ1v) is 11.6. The zero-order chi connectivity index (χ0) is 24.1. The lowest BCUT2D eigenvalue weighted by Crippen LogP contribution is -2.51. The molecule has 2 aromatic rings. The molecule has 0 unspecified atom stereocenters. The van der Waals surface area contributed by atoms with E-state index in [1.165, 1.54) is 16.0 Å². The second kappa shape index (κ2) is 10.3. The number of carboxylic acids is 1. The van der Waals surface area contributed by atoms with Gasteiger partial charge in [-0.2, -0.15) is 0 Å². The van der Waals surface area contributed by atoms with Crippen LogP contribution in [0.25, 0.3) is 11.1 Å². The van der Waals surface area contributed by atoms with Gasteiger partial charge in [0.25, 0.3) is 0 Å². The molecule has 0 bridgehead atoms. The Hall–Kier alpha value is -3.39. The van der Waals surface area contributed by atoms with Crippen LogP contribution in [0.2, 0.25) is 0 Å². The van der Waals surface area contributed by atoms with Crippen molar-refractivity contribution in [3.63, 3.8) is 0 Å². The van der Waals surface area contributed by atoms with E-state index in [0.717, 1.165) is 11.1 Å². The van der Waals surface area contributed by atoms with Gasteiger partial charge in [0.2, 0.25) is 5.91 Å². The van der Waals surface area contributed by atoms with Gasteiger partial charge < -0.3 is 24.8 Å². The first-order chi connectivity index (χ1) is 16.4. The third-order valence-electron chi connectivity index (χ3n) is 6.72. The highest BCUT2D eigenvalue weighted by atomic mass is 16.5. The van der Waals surface area contributed by atoms with E-state index in [-0.39, 0.29) is 44.6 Å². The summed E-state index contributed by atoms with van der Waals surface area (Å²) in [5.74, 6) is -1.21. The number of hydrogen-bond donors (Lipinski definition) is 2. The summed E-state index contributed by atoms with van der Waals surface area (Å²) in [6.07, 6.45) is 0.725. The largest absolute Gasteiger partial charge is 0.480 e. The lowest BCUT2D eigenvalue weighted by Gasteiger charge is -2.31. The van der Waals surface area contributed by atoms with Gasteiger partial charge in [-0.05, 0) is 42.0 Å². The van der Waals surface area contributed by atoms with Gasteiger partial charge in [-0.1, -0.05) is 48.5 Å². The minimum Gasteiger partial charge on any atom is -0.480 e. The number of nitrogens with zero attached hydrogens (tertiary/aromatic N) is 1. The van der Waals surface area contributed by atoms with Gasteiger partial charge in [0.05, 0.1) is 19.6 Å². The number of carboxylic acid groups (broad SMARTS) is 1. The van der Waals surface area contributed by atoms with E-state index < -0.39 is 17.6 Å². The predicted octanol–water partition coefficient (Wildman–Crippen LogP) is 3.40. The fraction of sp³-hybridized carbons (Fsp3) is 0.423. The minimum atomic E-state index is -1.14. The molecule has 2 aliphatic rings. The van der Waals surface area contributed by atoms with Crippen LogP contribution in [-0.2, 0) is 19.1 Å². The van der Waals surface area contributed by atoms with Crippen molar-refractivity contribution in [2.45, 2.75) is 37.6 Å². The summed E-state index contributed by atoms with van der Waals surface area (Å²) in [4.78, 5) is 37.5. The molecular formula is C26H30N2O6. The van der Waals surface area contributed by atoms with Crippen LogP contribution in [0.1, 0.15) is 43.2 Å². The molecule has 1 atom stereocenters. The summed E-state index contributed by atoms with van der Waals surface area (Å²) in [6.45, 7) is 2.92. The molecule has 1 heterocycles. The van der Waals surface area contributed by atoms with Crippen molar-refractivity contribution >= 4 is 18.0 Å². The molecule has 8 heteroatoms. The molecule has 1 saturated heterocycles. The number of likely N-dealkylation sites (tertiary alicyclic amines) is 1. The Morgan fingerprint density at radius 1 is 1.06 bits per heavy atom. The summed E-state index contributed by atoms with van der Waals surface area (Å²) >= 11 is 0. The van der Waals surface area contributed by atoms with Crippen molar-refractivity contribution < 1.29 is 29.0 Å². The van der Waals surface area contributed by atoms with Crippen molar-refractivity contribution in [3.8, 4) is 11.1 Å². The molecule has 1 aliphatic carbocycles. The smallest absolute Gasteiger partial charge is 0.407 e. The number of benzene rings is 2. The van der Waals surface area contributed by atoms with Crippen molar-refractivity contribution in [2.75, 3.05) is 32.9 Å². The topological polar surface area (TPSA) is 105 Å². The molecular weight excluding hydrogens is 436 g/mol. The summed E-state index contributed by atoms with van der Waals surface area (Å²) in [5.41, 5.74) is 3.52. The molecule has 1 fully saturated rings. The Kier molecular flexibility index (Phi) is 7.17. The van der Waals surface area contributed by atoms with Gasteiger partial charge >= 0.3 is 12.1 Å². The predicted molar refractivity (Wildman–Crippen MR) is 125 cm³/mol. The molecule has 0 saturated carbocycles. The van der Waals surface area contributed by atoms with Gasteiger partial charge in [0, 0.05) is 19.0 Å². The highest BCUT2D eigenvalue weighted by Gasteiger charge is 2.45.